The second-order valence-electron chi connectivity index (χ2n) is 8.76. The van der Waals surface area contributed by atoms with Crippen LogP contribution in [-0.2, 0) is 12.3 Å². The molecule has 0 saturated heterocycles. The van der Waals surface area contributed by atoms with Crippen molar-refractivity contribution in [3.63, 3.8) is 0 Å². The Hall–Kier alpha value is -1.01. The average molecular weight is 406 g/mol. The lowest BCUT2D eigenvalue weighted by atomic mass is 9.96. The highest BCUT2D eigenvalue weighted by molar-refractivity contribution is 8.13. The van der Waals surface area contributed by atoms with Crippen LogP contribution in [0.25, 0.3) is 0 Å². The maximum Gasteiger partial charge on any atom is 0.334 e. The number of anilines is 1. The summed E-state index contributed by atoms with van der Waals surface area (Å²) in [6.45, 7) is 5.60. The molecule has 27 heavy (non-hydrogen) atoms. The van der Waals surface area contributed by atoms with Gasteiger partial charge < -0.3 is 5.32 Å². The maximum atomic E-state index is 5.11. The second-order valence-corrected chi connectivity index (χ2v) is 10.6. The van der Waals surface area contributed by atoms with Gasteiger partial charge in [0.2, 0.25) is 0 Å². The number of hydrogen-bond acceptors (Lipinski definition) is 4. The zero-order chi connectivity index (χ0) is 18.7. The molecule has 1 atom stereocenters. The van der Waals surface area contributed by atoms with Gasteiger partial charge in [-0.3, -0.25) is 10.3 Å². The van der Waals surface area contributed by atoms with Crippen LogP contribution in [0, 0.1) is 0 Å². The third-order valence-corrected chi connectivity index (χ3v) is 7.57. The summed E-state index contributed by atoms with van der Waals surface area (Å²) in [7, 11) is 0. The number of rotatable bonds is 4. The summed E-state index contributed by atoms with van der Waals surface area (Å²) in [5.41, 5.74) is 1.58. The average Bonchev–Trinajstić information content (AvgIpc) is 3.16. The van der Waals surface area contributed by atoms with Crippen LogP contribution in [0.2, 0.25) is 0 Å². The quantitative estimate of drug-likeness (QED) is 0.325. The van der Waals surface area contributed by atoms with E-state index in [9.17, 15) is 0 Å². The maximum absolute atomic E-state index is 5.11. The molecule has 148 valence electrons. The fourth-order valence-electron chi connectivity index (χ4n) is 4.22. The van der Waals surface area contributed by atoms with E-state index < -0.39 is 0 Å². The summed E-state index contributed by atoms with van der Waals surface area (Å²) in [4.78, 5) is 5.11. The Labute approximate surface area is 171 Å². The number of nitrogens with one attached hydrogen (secondary N) is 2. The van der Waals surface area contributed by atoms with E-state index in [0.717, 1.165) is 17.5 Å². The topological polar surface area (TPSA) is 40.3 Å². The first-order valence-electron chi connectivity index (χ1n) is 10.5. The first-order chi connectivity index (χ1) is 13.1. The van der Waals surface area contributed by atoms with Crippen molar-refractivity contribution in [2.75, 3.05) is 5.32 Å². The second kappa shape index (κ2) is 8.56. The Morgan fingerprint density at radius 1 is 1.30 bits per heavy atom. The highest BCUT2D eigenvalue weighted by Crippen LogP contribution is 2.28. The predicted octanol–water partition coefficient (Wildman–Crippen LogP) is 4.86. The molecular weight excluding hydrogens is 372 g/mol. The van der Waals surface area contributed by atoms with Crippen molar-refractivity contribution in [3.8, 4) is 0 Å². The Bertz CT molecular complexity index is 701. The largest absolute Gasteiger partial charge is 0.362 e. The lowest BCUT2D eigenvalue weighted by Gasteiger charge is -2.25. The lowest BCUT2D eigenvalue weighted by molar-refractivity contribution is -0.679. The summed E-state index contributed by atoms with van der Waals surface area (Å²) < 4.78 is 2.45. The van der Waals surface area contributed by atoms with Gasteiger partial charge in [-0.25, -0.2) is 4.57 Å². The van der Waals surface area contributed by atoms with E-state index in [1.165, 1.54) is 62.2 Å². The number of allylic oxidation sites excluding steroid dienone is 1. The summed E-state index contributed by atoms with van der Waals surface area (Å²) in [5.74, 6) is 0.989. The molecule has 0 spiro atoms. The molecule has 1 saturated carbocycles. The molecule has 6 heteroatoms. The molecule has 0 aromatic carbocycles. The fourth-order valence-corrected chi connectivity index (χ4v) is 6.41. The highest BCUT2D eigenvalue weighted by atomic mass is 32.2. The third kappa shape index (κ3) is 5.08. The zero-order valence-electron chi connectivity index (χ0n) is 16.7. The molecule has 1 aliphatic heterocycles. The third-order valence-electron chi connectivity index (χ3n) is 5.70. The minimum Gasteiger partial charge on any atom is -0.362 e. The smallest absolute Gasteiger partial charge is 0.334 e. The summed E-state index contributed by atoms with van der Waals surface area (Å²) >= 11 is 3.73. The van der Waals surface area contributed by atoms with E-state index in [-0.39, 0.29) is 5.54 Å². The van der Waals surface area contributed by atoms with Gasteiger partial charge in [-0.15, -0.1) is 0 Å². The first kappa shape index (κ1) is 19.3. The van der Waals surface area contributed by atoms with Gasteiger partial charge in [-0.2, -0.15) is 0 Å². The standard InChI is InChI=1S/C21H32N4S2/c1-21(2)15-25-18(14-27-20(25)24-21)13-26-19(22-16-9-5-3-6-10-16)23-17-11-7-4-8-12-17/h5,9,14,16-17H,3-4,6-8,10-13,15H2,1-2H3,(H,22,23)/p+1/t16-/m0/s1. The molecule has 2 heterocycles. The fraction of sp³-hybridized carbons (Fsp3) is 0.714. The van der Waals surface area contributed by atoms with Gasteiger partial charge in [0.15, 0.2) is 5.17 Å². The van der Waals surface area contributed by atoms with Gasteiger partial charge in [0.1, 0.15) is 17.8 Å². The van der Waals surface area contributed by atoms with Gasteiger partial charge >= 0.3 is 5.13 Å². The number of hydrogen-bond donors (Lipinski definition) is 2. The van der Waals surface area contributed by atoms with Crippen LogP contribution in [0.1, 0.15) is 70.9 Å². The van der Waals surface area contributed by atoms with Crippen LogP contribution >= 0.6 is 23.1 Å². The minimum absolute atomic E-state index is 0.163. The van der Waals surface area contributed by atoms with Crippen molar-refractivity contribution < 1.29 is 4.57 Å². The van der Waals surface area contributed by atoms with Crippen molar-refractivity contribution >= 4 is 33.4 Å². The van der Waals surface area contributed by atoms with Gasteiger partial charge in [-0.05, 0) is 46.0 Å². The SMILES string of the molecule is CC1(C)C[n+]2c(CSC(=N[C@H]3C=CCCC3)NC3CCCCC3)csc2N1. The van der Waals surface area contributed by atoms with E-state index in [1.807, 2.05) is 23.1 Å². The molecule has 3 aliphatic rings. The minimum atomic E-state index is 0.163. The number of amidine groups is 1. The highest BCUT2D eigenvalue weighted by Gasteiger charge is 2.38. The summed E-state index contributed by atoms with van der Waals surface area (Å²) in [5, 5.41) is 12.2. The zero-order valence-corrected chi connectivity index (χ0v) is 18.3. The Morgan fingerprint density at radius 3 is 2.93 bits per heavy atom. The van der Waals surface area contributed by atoms with E-state index in [1.54, 1.807) is 0 Å². The van der Waals surface area contributed by atoms with Crippen molar-refractivity contribution in [1.82, 2.24) is 5.32 Å². The van der Waals surface area contributed by atoms with E-state index >= 15 is 0 Å². The van der Waals surface area contributed by atoms with Gasteiger partial charge in [0, 0.05) is 11.4 Å². The van der Waals surface area contributed by atoms with Crippen LogP contribution in [-0.4, -0.2) is 22.8 Å². The summed E-state index contributed by atoms with van der Waals surface area (Å²) in [6, 6.07) is 0.970. The molecule has 0 amide bonds. The summed E-state index contributed by atoms with van der Waals surface area (Å²) in [6.07, 6.45) is 15.0. The van der Waals surface area contributed by atoms with Gasteiger partial charge in [-0.1, -0.05) is 54.5 Å². The van der Waals surface area contributed by atoms with Crippen LogP contribution in [0.15, 0.2) is 22.5 Å². The van der Waals surface area contributed by atoms with Crippen LogP contribution in [0.5, 0.6) is 0 Å². The molecule has 4 rings (SSSR count). The number of thiazole rings is 1. The van der Waals surface area contributed by atoms with Crippen molar-refractivity contribution in [2.24, 2.45) is 4.99 Å². The molecule has 1 fully saturated rings. The molecule has 0 bridgehead atoms. The molecule has 4 nitrogen and oxygen atoms in total. The number of aliphatic imine (C=N–C) groups is 1. The molecular formula is C21H33N4S2+. The van der Waals surface area contributed by atoms with Crippen molar-refractivity contribution in [2.45, 2.75) is 95.1 Å². The van der Waals surface area contributed by atoms with E-state index in [0.29, 0.717) is 12.1 Å². The number of fused-ring (bicyclic) bond motifs is 1. The van der Waals surface area contributed by atoms with E-state index in [4.69, 9.17) is 4.99 Å². The molecule has 2 aliphatic carbocycles. The monoisotopic (exact) mass is 405 g/mol. The Balaban J connectivity index is 1.44. The lowest BCUT2D eigenvalue weighted by Crippen LogP contribution is -2.40. The Morgan fingerprint density at radius 2 is 2.15 bits per heavy atom. The van der Waals surface area contributed by atoms with Crippen LogP contribution < -0.4 is 15.2 Å². The molecule has 1 aromatic rings. The first-order valence-corrected chi connectivity index (χ1v) is 12.4. The molecule has 2 N–H and O–H groups in total. The van der Waals surface area contributed by atoms with Crippen molar-refractivity contribution in [3.05, 3.63) is 23.2 Å². The molecule has 0 radical (unpaired) electrons. The molecule has 0 unspecified atom stereocenters. The number of aromatic nitrogens is 1. The van der Waals surface area contributed by atoms with E-state index in [2.05, 4.69) is 46.6 Å². The van der Waals surface area contributed by atoms with Crippen LogP contribution in [0.4, 0.5) is 5.13 Å². The Kier molecular flexibility index (Phi) is 6.12. The van der Waals surface area contributed by atoms with Crippen molar-refractivity contribution in [1.29, 1.82) is 0 Å². The predicted molar refractivity (Wildman–Crippen MR) is 118 cm³/mol. The number of nitrogens with zero attached hydrogens (tertiary/aromatic N) is 2. The van der Waals surface area contributed by atoms with Gasteiger partial charge in [0.25, 0.3) is 0 Å². The van der Waals surface area contributed by atoms with Crippen LogP contribution in [0.3, 0.4) is 0 Å². The van der Waals surface area contributed by atoms with Gasteiger partial charge in [0.05, 0.1) is 11.8 Å². The number of thioether (sulfide) groups is 1. The molecule has 1 aromatic heterocycles. The normalized spacial score (nSPS) is 25.3.